The lowest BCUT2D eigenvalue weighted by Crippen LogP contribution is -2.56. The second-order valence-electron chi connectivity index (χ2n) is 3.74. The number of carbonyl (C=O) groups is 1. The number of likely N-dealkylation sites (tertiary alicyclic amines) is 1. The van der Waals surface area contributed by atoms with Gasteiger partial charge >= 0.3 is 0 Å². The first-order chi connectivity index (χ1) is 6.38. The van der Waals surface area contributed by atoms with Gasteiger partial charge in [-0.05, 0) is 12.8 Å². The van der Waals surface area contributed by atoms with Gasteiger partial charge in [-0.2, -0.15) is 0 Å². The third-order valence-corrected chi connectivity index (χ3v) is 2.76. The lowest BCUT2D eigenvalue weighted by Gasteiger charge is -2.27. The van der Waals surface area contributed by atoms with Crippen molar-refractivity contribution in [1.29, 1.82) is 0 Å². The van der Waals surface area contributed by atoms with Crippen LogP contribution >= 0.6 is 0 Å². The van der Waals surface area contributed by atoms with Gasteiger partial charge in [-0.1, -0.05) is 0 Å². The van der Waals surface area contributed by atoms with Crippen LogP contribution in [0.5, 0.6) is 0 Å². The zero-order valence-corrected chi connectivity index (χ0v) is 7.88. The van der Waals surface area contributed by atoms with E-state index in [1.165, 1.54) is 12.8 Å². The SMILES string of the molecule is O=C(C1CNCCN1)N1CCCC1. The molecule has 0 aromatic rings. The van der Waals surface area contributed by atoms with Crippen LogP contribution in [0.15, 0.2) is 0 Å². The highest BCUT2D eigenvalue weighted by molar-refractivity contribution is 5.82. The summed E-state index contributed by atoms with van der Waals surface area (Å²) >= 11 is 0. The van der Waals surface area contributed by atoms with E-state index < -0.39 is 0 Å². The van der Waals surface area contributed by atoms with Crippen LogP contribution in [0.2, 0.25) is 0 Å². The summed E-state index contributed by atoms with van der Waals surface area (Å²) in [5.41, 5.74) is 0. The molecule has 74 valence electrons. The van der Waals surface area contributed by atoms with Crippen molar-refractivity contribution in [3.63, 3.8) is 0 Å². The van der Waals surface area contributed by atoms with Crippen LogP contribution in [-0.4, -0.2) is 49.6 Å². The van der Waals surface area contributed by atoms with Gasteiger partial charge in [-0.25, -0.2) is 0 Å². The molecule has 0 radical (unpaired) electrons. The van der Waals surface area contributed by atoms with Gasteiger partial charge in [-0.3, -0.25) is 4.79 Å². The maximum Gasteiger partial charge on any atom is 0.241 e. The monoisotopic (exact) mass is 183 g/mol. The van der Waals surface area contributed by atoms with Crippen LogP contribution in [0.25, 0.3) is 0 Å². The Kier molecular flexibility index (Phi) is 2.80. The highest BCUT2D eigenvalue weighted by atomic mass is 16.2. The van der Waals surface area contributed by atoms with Crippen molar-refractivity contribution < 1.29 is 4.79 Å². The lowest BCUT2D eigenvalue weighted by atomic mass is 10.2. The largest absolute Gasteiger partial charge is 0.341 e. The van der Waals surface area contributed by atoms with Crippen LogP contribution in [0, 0.1) is 0 Å². The minimum atomic E-state index is 0.0202. The first-order valence-corrected chi connectivity index (χ1v) is 5.11. The summed E-state index contributed by atoms with van der Waals surface area (Å²) in [6.45, 7) is 4.58. The number of carbonyl (C=O) groups excluding carboxylic acids is 1. The Morgan fingerprint density at radius 1 is 1.23 bits per heavy atom. The molecule has 0 saturated carbocycles. The Hall–Kier alpha value is -0.610. The van der Waals surface area contributed by atoms with Crippen LogP contribution in [0.3, 0.4) is 0 Å². The molecule has 1 unspecified atom stereocenters. The van der Waals surface area contributed by atoms with Crippen LogP contribution < -0.4 is 10.6 Å². The van der Waals surface area contributed by atoms with Gasteiger partial charge in [-0.15, -0.1) is 0 Å². The maximum atomic E-state index is 11.8. The molecule has 13 heavy (non-hydrogen) atoms. The van der Waals surface area contributed by atoms with E-state index in [9.17, 15) is 4.79 Å². The van der Waals surface area contributed by atoms with Crippen LogP contribution in [-0.2, 0) is 4.79 Å². The summed E-state index contributed by atoms with van der Waals surface area (Å²) in [5.74, 6) is 0.282. The molecule has 4 heteroatoms. The summed E-state index contributed by atoms with van der Waals surface area (Å²) in [7, 11) is 0. The van der Waals surface area contributed by atoms with Crippen molar-refractivity contribution in [3.05, 3.63) is 0 Å². The van der Waals surface area contributed by atoms with Gasteiger partial charge in [0.25, 0.3) is 0 Å². The molecule has 2 saturated heterocycles. The standard InChI is InChI=1S/C9H17N3O/c13-9(12-5-1-2-6-12)8-7-10-3-4-11-8/h8,10-11H,1-7H2. The predicted molar refractivity (Wildman–Crippen MR) is 50.5 cm³/mol. The van der Waals surface area contributed by atoms with Crippen molar-refractivity contribution in [2.75, 3.05) is 32.7 Å². The first-order valence-electron chi connectivity index (χ1n) is 5.11. The molecular formula is C9H17N3O. The molecule has 2 aliphatic heterocycles. The number of rotatable bonds is 1. The number of piperazine rings is 1. The van der Waals surface area contributed by atoms with Gasteiger partial charge in [0.1, 0.15) is 0 Å². The number of hydrogen-bond acceptors (Lipinski definition) is 3. The molecule has 0 spiro atoms. The molecule has 0 aromatic heterocycles. The number of nitrogens with zero attached hydrogens (tertiary/aromatic N) is 1. The molecule has 2 fully saturated rings. The van der Waals surface area contributed by atoms with Crippen LogP contribution in [0.1, 0.15) is 12.8 Å². The number of nitrogens with one attached hydrogen (secondary N) is 2. The maximum absolute atomic E-state index is 11.8. The van der Waals surface area contributed by atoms with Crippen molar-refractivity contribution in [1.82, 2.24) is 15.5 Å². The average Bonchev–Trinajstić information content (AvgIpc) is 2.71. The second-order valence-corrected chi connectivity index (χ2v) is 3.74. The fourth-order valence-electron chi connectivity index (χ4n) is 1.99. The average molecular weight is 183 g/mol. The lowest BCUT2D eigenvalue weighted by molar-refractivity contribution is -0.132. The summed E-state index contributed by atoms with van der Waals surface area (Å²) in [6.07, 6.45) is 2.35. The fourth-order valence-corrected chi connectivity index (χ4v) is 1.99. The molecule has 2 heterocycles. The molecule has 0 aromatic carbocycles. The zero-order chi connectivity index (χ0) is 9.10. The molecule has 2 rings (SSSR count). The van der Waals surface area contributed by atoms with E-state index in [2.05, 4.69) is 10.6 Å². The topological polar surface area (TPSA) is 44.4 Å². The van der Waals surface area contributed by atoms with Gasteiger partial charge in [0.05, 0.1) is 6.04 Å². The molecule has 2 N–H and O–H groups in total. The van der Waals surface area contributed by atoms with Crippen molar-refractivity contribution in [2.24, 2.45) is 0 Å². The van der Waals surface area contributed by atoms with Gasteiger partial charge in [0.2, 0.25) is 5.91 Å². The van der Waals surface area contributed by atoms with Crippen LogP contribution in [0.4, 0.5) is 0 Å². The van der Waals surface area contributed by atoms with Crippen molar-refractivity contribution in [2.45, 2.75) is 18.9 Å². The minimum Gasteiger partial charge on any atom is -0.341 e. The van der Waals surface area contributed by atoms with E-state index in [-0.39, 0.29) is 11.9 Å². The predicted octanol–water partition coefficient (Wildman–Crippen LogP) is -0.830. The number of hydrogen-bond donors (Lipinski definition) is 2. The molecule has 0 bridgehead atoms. The summed E-state index contributed by atoms with van der Waals surface area (Å²) in [5, 5.41) is 6.47. The third kappa shape index (κ3) is 2.00. The Morgan fingerprint density at radius 2 is 2.00 bits per heavy atom. The molecule has 1 atom stereocenters. The smallest absolute Gasteiger partial charge is 0.241 e. The summed E-state index contributed by atoms with van der Waals surface area (Å²) in [6, 6.07) is 0.0202. The highest BCUT2D eigenvalue weighted by Gasteiger charge is 2.26. The molecule has 1 amide bonds. The van der Waals surface area contributed by atoms with E-state index in [1.54, 1.807) is 0 Å². The number of amides is 1. The minimum absolute atomic E-state index is 0.0202. The Morgan fingerprint density at radius 3 is 2.62 bits per heavy atom. The van der Waals surface area contributed by atoms with E-state index in [4.69, 9.17) is 0 Å². The molecule has 2 aliphatic rings. The van der Waals surface area contributed by atoms with Crippen molar-refractivity contribution >= 4 is 5.91 Å². The van der Waals surface area contributed by atoms with E-state index in [0.29, 0.717) is 0 Å². The highest BCUT2D eigenvalue weighted by Crippen LogP contribution is 2.09. The third-order valence-electron chi connectivity index (χ3n) is 2.76. The van der Waals surface area contributed by atoms with Gasteiger partial charge < -0.3 is 15.5 Å². The fraction of sp³-hybridized carbons (Fsp3) is 0.889. The van der Waals surface area contributed by atoms with Crippen molar-refractivity contribution in [3.8, 4) is 0 Å². The Labute approximate surface area is 78.7 Å². The van der Waals surface area contributed by atoms with E-state index >= 15 is 0 Å². The zero-order valence-electron chi connectivity index (χ0n) is 7.88. The molecule has 4 nitrogen and oxygen atoms in total. The Balaban J connectivity index is 1.87. The molecular weight excluding hydrogens is 166 g/mol. The van der Waals surface area contributed by atoms with E-state index in [1.807, 2.05) is 4.90 Å². The molecule has 0 aliphatic carbocycles. The quantitative estimate of drug-likeness (QED) is 0.558. The second kappa shape index (κ2) is 4.07. The summed E-state index contributed by atoms with van der Waals surface area (Å²) < 4.78 is 0. The Bertz CT molecular complexity index is 183. The van der Waals surface area contributed by atoms with Gasteiger partial charge in [0.15, 0.2) is 0 Å². The first kappa shape index (κ1) is 8.97. The normalized spacial score (nSPS) is 29.2. The van der Waals surface area contributed by atoms with Gasteiger partial charge in [0, 0.05) is 32.7 Å². The summed E-state index contributed by atoms with van der Waals surface area (Å²) in [4.78, 5) is 13.8. The van der Waals surface area contributed by atoms with E-state index in [0.717, 1.165) is 32.7 Å².